The van der Waals surface area contributed by atoms with E-state index in [1.54, 1.807) is 24.4 Å². The maximum atomic E-state index is 11.5. The molecule has 1 amide bonds. The average Bonchev–Trinajstić information content (AvgIpc) is 2.99. The first-order valence-corrected chi connectivity index (χ1v) is 9.59. The Hall–Kier alpha value is -2.41. The molecule has 1 aromatic heterocycles. The van der Waals surface area contributed by atoms with Crippen molar-refractivity contribution in [1.82, 2.24) is 4.98 Å². The number of halogens is 2. The molecule has 0 atom stereocenters. The summed E-state index contributed by atoms with van der Waals surface area (Å²) in [6.07, 6.45) is 1.59. The summed E-state index contributed by atoms with van der Waals surface area (Å²) in [4.78, 5) is 16.1. The third kappa shape index (κ3) is 5.07. The molecular weight excluding hydrogens is 403 g/mol. The van der Waals surface area contributed by atoms with Gasteiger partial charge in [0, 0.05) is 23.1 Å². The van der Waals surface area contributed by atoms with Crippen LogP contribution in [0.25, 0.3) is 11.3 Å². The molecule has 2 aromatic carbocycles. The van der Waals surface area contributed by atoms with Gasteiger partial charge in [-0.1, -0.05) is 70.4 Å². The van der Waals surface area contributed by atoms with Crippen LogP contribution in [0.15, 0.2) is 47.6 Å². The first-order valence-electron chi connectivity index (χ1n) is 8.02. The molecule has 0 bridgehead atoms. The summed E-state index contributed by atoms with van der Waals surface area (Å²) in [7, 11) is 0. The highest BCUT2D eigenvalue weighted by Crippen LogP contribution is 2.36. The molecule has 0 unspecified atom stereocenters. The van der Waals surface area contributed by atoms with Crippen molar-refractivity contribution in [2.24, 2.45) is 5.10 Å². The quantitative estimate of drug-likeness (QED) is 0.404. The zero-order chi connectivity index (χ0) is 19.4. The highest BCUT2D eigenvalue weighted by molar-refractivity contribution is 7.20. The van der Waals surface area contributed by atoms with Crippen LogP contribution in [0.5, 0.6) is 0 Å². The van der Waals surface area contributed by atoms with Gasteiger partial charge in [-0.25, -0.2) is 4.98 Å². The molecule has 5 nitrogen and oxygen atoms in total. The van der Waals surface area contributed by atoms with Gasteiger partial charge in [0.15, 0.2) is 0 Å². The molecule has 0 aliphatic heterocycles. The largest absolute Gasteiger partial charge is 0.316 e. The first-order chi connectivity index (χ1) is 12.9. The van der Waals surface area contributed by atoms with E-state index in [0.717, 1.165) is 16.7 Å². The van der Waals surface area contributed by atoms with E-state index in [4.69, 9.17) is 23.2 Å². The number of hydrogen-bond donors (Lipinski definition) is 2. The molecule has 0 spiro atoms. The van der Waals surface area contributed by atoms with E-state index in [-0.39, 0.29) is 5.91 Å². The van der Waals surface area contributed by atoms with Crippen LogP contribution >= 0.6 is 34.5 Å². The summed E-state index contributed by atoms with van der Waals surface area (Å²) in [5.74, 6) is -0.157. The Morgan fingerprint density at radius 1 is 1.19 bits per heavy atom. The Morgan fingerprint density at radius 2 is 1.93 bits per heavy atom. The van der Waals surface area contributed by atoms with Crippen LogP contribution in [0.2, 0.25) is 10.0 Å². The summed E-state index contributed by atoms with van der Waals surface area (Å²) in [5.41, 5.74) is 6.37. The molecule has 138 valence electrons. The molecule has 0 radical (unpaired) electrons. The lowest BCUT2D eigenvalue weighted by Crippen LogP contribution is -2.05. The van der Waals surface area contributed by atoms with E-state index in [1.165, 1.54) is 18.3 Å². The topological polar surface area (TPSA) is 66.4 Å². The van der Waals surface area contributed by atoms with Gasteiger partial charge in [-0.15, -0.1) is 0 Å². The molecule has 0 saturated heterocycles. The van der Waals surface area contributed by atoms with Crippen molar-refractivity contribution in [2.75, 3.05) is 10.7 Å². The third-order valence-electron chi connectivity index (χ3n) is 3.57. The van der Waals surface area contributed by atoms with E-state index < -0.39 is 0 Å². The Labute approximate surface area is 171 Å². The standard InChI is InChI=1S/C19H16Cl2N4OS/c1-11-3-5-13(6-4-11)17-18(23-12(2)26)27-19(24-17)25-22-10-14-7-8-15(20)9-16(14)21/h3-10H,1-2H3,(H,23,26)(H,24,25)/b22-10-. The lowest BCUT2D eigenvalue weighted by molar-refractivity contribution is -0.114. The van der Waals surface area contributed by atoms with Gasteiger partial charge in [-0.05, 0) is 19.1 Å². The SMILES string of the molecule is CC(=O)Nc1sc(N/N=C\c2ccc(Cl)cc2Cl)nc1-c1ccc(C)cc1. The maximum absolute atomic E-state index is 11.5. The van der Waals surface area contributed by atoms with Gasteiger partial charge in [-0.3, -0.25) is 10.2 Å². The minimum atomic E-state index is -0.157. The number of aryl methyl sites for hydroxylation is 1. The second-order valence-electron chi connectivity index (χ2n) is 5.78. The van der Waals surface area contributed by atoms with Crippen LogP contribution in [0.4, 0.5) is 10.1 Å². The summed E-state index contributed by atoms with van der Waals surface area (Å²) >= 11 is 13.3. The van der Waals surface area contributed by atoms with Gasteiger partial charge in [0.2, 0.25) is 11.0 Å². The lowest BCUT2D eigenvalue weighted by atomic mass is 10.1. The minimum Gasteiger partial charge on any atom is -0.316 e. The zero-order valence-electron chi connectivity index (χ0n) is 14.6. The number of carbonyl (C=O) groups is 1. The van der Waals surface area contributed by atoms with E-state index in [0.29, 0.717) is 25.9 Å². The van der Waals surface area contributed by atoms with E-state index in [1.807, 2.05) is 31.2 Å². The van der Waals surface area contributed by atoms with Crippen LogP contribution < -0.4 is 10.7 Å². The number of anilines is 2. The number of benzene rings is 2. The minimum absolute atomic E-state index is 0.157. The molecule has 0 fully saturated rings. The van der Waals surface area contributed by atoms with Crippen molar-refractivity contribution < 1.29 is 4.79 Å². The number of nitrogens with zero attached hydrogens (tertiary/aromatic N) is 2. The summed E-state index contributed by atoms with van der Waals surface area (Å²) in [5, 5.41) is 9.28. The Kier molecular flexibility index (Phi) is 6.11. The van der Waals surface area contributed by atoms with Crippen molar-refractivity contribution in [3.05, 3.63) is 63.6 Å². The van der Waals surface area contributed by atoms with Crippen molar-refractivity contribution in [3.63, 3.8) is 0 Å². The third-order valence-corrected chi connectivity index (χ3v) is 5.01. The fourth-order valence-electron chi connectivity index (χ4n) is 2.28. The lowest BCUT2D eigenvalue weighted by Gasteiger charge is -2.02. The van der Waals surface area contributed by atoms with Crippen molar-refractivity contribution in [1.29, 1.82) is 0 Å². The molecule has 0 aliphatic rings. The molecule has 0 aliphatic carbocycles. The van der Waals surface area contributed by atoms with E-state index >= 15 is 0 Å². The molecule has 3 aromatic rings. The maximum Gasteiger partial charge on any atom is 0.221 e. The second kappa shape index (κ2) is 8.52. The van der Waals surface area contributed by atoms with E-state index in [9.17, 15) is 4.79 Å². The predicted octanol–water partition coefficient (Wildman–Crippen LogP) is 5.83. The first kappa shape index (κ1) is 19.4. The van der Waals surface area contributed by atoms with Gasteiger partial charge in [0.25, 0.3) is 0 Å². The number of thiazole rings is 1. The summed E-state index contributed by atoms with van der Waals surface area (Å²) in [6, 6.07) is 13.1. The summed E-state index contributed by atoms with van der Waals surface area (Å²) in [6.45, 7) is 3.48. The molecule has 8 heteroatoms. The highest BCUT2D eigenvalue weighted by atomic mass is 35.5. The van der Waals surface area contributed by atoms with Gasteiger partial charge in [-0.2, -0.15) is 5.10 Å². The molecular formula is C19H16Cl2N4OS. The monoisotopic (exact) mass is 418 g/mol. The number of rotatable bonds is 5. The molecule has 1 heterocycles. The number of amides is 1. The van der Waals surface area contributed by atoms with E-state index in [2.05, 4.69) is 20.8 Å². The van der Waals surface area contributed by atoms with Gasteiger partial charge >= 0.3 is 0 Å². The number of carbonyl (C=O) groups excluding carboxylic acids is 1. The highest BCUT2D eigenvalue weighted by Gasteiger charge is 2.14. The number of hydrazone groups is 1. The second-order valence-corrected chi connectivity index (χ2v) is 7.62. The molecule has 3 rings (SSSR count). The Bertz CT molecular complexity index is 999. The Morgan fingerprint density at radius 3 is 2.59 bits per heavy atom. The van der Waals surface area contributed by atoms with Crippen LogP contribution in [-0.2, 0) is 4.79 Å². The molecule has 27 heavy (non-hydrogen) atoms. The molecule has 2 N–H and O–H groups in total. The fourth-order valence-corrected chi connectivity index (χ4v) is 3.62. The van der Waals surface area contributed by atoms with Gasteiger partial charge in [0.1, 0.15) is 10.7 Å². The summed E-state index contributed by atoms with van der Waals surface area (Å²) < 4.78 is 0. The normalized spacial score (nSPS) is 11.0. The van der Waals surface area contributed by atoms with Gasteiger partial charge in [0.05, 0.1) is 11.2 Å². The van der Waals surface area contributed by atoms with Crippen LogP contribution in [0, 0.1) is 6.92 Å². The van der Waals surface area contributed by atoms with Crippen LogP contribution in [0.1, 0.15) is 18.1 Å². The number of nitrogens with one attached hydrogen (secondary N) is 2. The average molecular weight is 419 g/mol. The fraction of sp³-hybridized carbons (Fsp3) is 0.105. The van der Waals surface area contributed by atoms with Crippen LogP contribution in [0.3, 0.4) is 0 Å². The van der Waals surface area contributed by atoms with Crippen molar-refractivity contribution >= 4 is 56.8 Å². The number of aromatic nitrogens is 1. The Balaban J connectivity index is 1.84. The van der Waals surface area contributed by atoms with Gasteiger partial charge < -0.3 is 5.32 Å². The predicted molar refractivity (Wildman–Crippen MR) is 114 cm³/mol. The smallest absolute Gasteiger partial charge is 0.221 e. The van der Waals surface area contributed by atoms with Crippen molar-refractivity contribution in [2.45, 2.75) is 13.8 Å². The zero-order valence-corrected chi connectivity index (χ0v) is 16.9. The van der Waals surface area contributed by atoms with Crippen molar-refractivity contribution in [3.8, 4) is 11.3 Å². The number of hydrogen-bond acceptors (Lipinski definition) is 5. The van der Waals surface area contributed by atoms with Crippen LogP contribution in [-0.4, -0.2) is 17.1 Å². The molecule has 0 saturated carbocycles.